The monoisotopic (exact) mass is 526 g/mol. The average Bonchev–Trinajstić information content (AvgIpc) is 2.73. The van der Waals surface area contributed by atoms with Crippen LogP contribution in [0.1, 0.15) is 43.1 Å². The van der Waals surface area contributed by atoms with Gasteiger partial charge in [-0.15, -0.1) is 24.0 Å². The lowest BCUT2D eigenvalue weighted by Gasteiger charge is -2.14. The molecule has 4 N–H and O–H groups in total. The van der Waals surface area contributed by atoms with Gasteiger partial charge in [-0.3, -0.25) is 4.79 Å². The maximum absolute atomic E-state index is 12.1. The Labute approximate surface area is 195 Å². The van der Waals surface area contributed by atoms with Gasteiger partial charge in [0.15, 0.2) is 5.96 Å². The third kappa shape index (κ3) is 8.10. The fourth-order valence-electron chi connectivity index (χ4n) is 2.65. The first-order valence-corrected chi connectivity index (χ1v) is 9.91. The van der Waals surface area contributed by atoms with E-state index in [9.17, 15) is 4.79 Å². The van der Waals surface area contributed by atoms with Gasteiger partial charge in [0.1, 0.15) is 11.5 Å². The maximum atomic E-state index is 12.1. The molecule has 0 aliphatic rings. The van der Waals surface area contributed by atoms with Crippen molar-refractivity contribution < 1.29 is 14.3 Å². The Morgan fingerprint density at radius 1 is 1.07 bits per heavy atom. The maximum Gasteiger partial charge on any atom is 0.251 e. The lowest BCUT2D eigenvalue weighted by molar-refractivity contribution is 0.0953. The summed E-state index contributed by atoms with van der Waals surface area (Å²) in [6, 6.07) is 12.9. The van der Waals surface area contributed by atoms with E-state index >= 15 is 0 Å². The normalized spacial score (nSPS) is 10.7. The van der Waals surface area contributed by atoms with E-state index < -0.39 is 0 Å². The number of benzene rings is 2. The van der Waals surface area contributed by atoms with Gasteiger partial charge in [-0.25, -0.2) is 4.99 Å². The highest BCUT2D eigenvalue weighted by molar-refractivity contribution is 14.0. The van der Waals surface area contributed by atoms with Gasteiger partial charge in [0.25, 0.3) is 5.91 Å². The molecule has 0 spiro atoms. The SMILES string of the molecule is CCCNC(=O)c1cccc(CN=C(N)Nc2cc(OCC)ccc2OCC)c1.I. The second kappa shape index (κ2) is 13.7. The van der Waals surface area contributed by atoms with Crippen molar-refractivity contribution in [2.24, 2.45) is 10.7 Å². The third-order valence-electron chi connectivity index (χ3n) is 3.98. The van der Waals surface area contributed by atoms with Crippen LogP contribution in [-0.2, 0) is 6.54 Å². The standard InChI is InChI=1S/C22H30N4O3.HI/c1-4-12-24-21(27)17-9-7-8-16(13-17)15-25-22(23)26-19-14-18(28-5-2)10-11-20(19)29-6-3;/h7-11,13-14H,4-6,12,15H2,1-3H3,(H,24,27)(H3,23,25,26);1H. The van der Waals surface area contributed by atoms with E-state index in [0.717, 1.165) is 17.7 Å². The summed E-state index contributed by atoms with van der Waals surface area (Å²) in [6.45, 7) is 7.97. The van der Waals surface area contributed by atoms with E-state index in [1.54, 1.807) is 6.07 Å². The van der Waals surface area contributed by atoms with Crippen molar-refractivity contribution >= 4 is 41.5 Å². The summed E-state index contributed by atoms with van der Waals surface area (Å²) in [7, 11) is 0. The molecule has 7 nitrogen and oxygen atoms in total. The van der Waals surface area contributed by atoms with Crippen molar-refractivity contribution in [1.29, 1.82) is 0 Å². The first-order valence-electron chi connectivity index (χ1n) is 9.91. The summed E-state index contributed by atoms with van der Waals surface area (Å²) < 4.78 is 11.2. The number of carbonyl (C=O) groups is 1. The minimum absolute atomic E-state index is 0. The summed E-state index contributed by atoms with van der Waals surface area (Å²) in [4.78, 5) is 16.5. The van der Waals surface area contributed by atoms with E-state index in [0.29, 0.717) is 43.3 Å². The molecule has 0 atom stereocenters. The zero-order chi connectivity index (χ0) is 21.1. The van der Waals surface area contributed by atoms with Crippen molar-refractivity contribution in [1.82, 2.24) is 5.32 Å². The van der Waals surface area contributed by atoms with Crippen LogP contribution in [0.2, 0.25) is 0 Å². The molecule has 0 unspecified atom stereocenters. The van der Waals surface area contributed by atoms with Crippen LogP contribution in [0.4, 0.5) is 5.69 Å². The van der Waals surface area contributed by atoms with E-state index in [-0.39, 0.29) is 35.8 Å². The Kier molecular flexibility index (Phi) is 11.7. The highest BCUT2D eigenvalue weighted by Crippen LogP contribution is 2.29. The Balaban J connectivity index is 0.00000450. The molecule has 2 rings (SSSR count). The van der Waals surface area contributed by atoms with E-state index in [1.165, 1.54) is 0 Å². The zero-order valence-corrected chi connectivity index (χ0v) is 20.1. The van der Waals surface area contributed by atoms with Crippen LogP contribution >= 0.6 is 24.0 Å². The number of halogens is 1. The third-order valence-corrected chi connectivity index (χ3v) is 3.98. The van der Waals surface area contributed by atoms with E-state index in [2.05, 4.69) is 15.6 Å². The predicted molar refractivity (Wildman–Crippen MR) is 132 cm³/mol. The number of amides is 1. The Morgan fingerprint density at radius 2 is 1.83 bits per heavy atom. The number of carbonyl (C=O) groups excluding carboxylic acids is 1. The lowest BCUT2D eigenvalue weighted by atomic mass is 10.1. The van der Waals surface area contributed by atoms with Gasteiger partial charge < -0.3 is 25.8 Å². The van der Waals surface area contributed by atoms with Crippen LogP contribution in [0.5, 0.6) is 11.5 Å². The molecule has 2 aromatic rings. The molecule has 1 amide bonds. The molecule has 2 aromatic carbocycles. The van der Waals surface area contributed by atoms with Gasteiger partial charge in [0.2, 0.25) is 0 Å². The fourth-order valence-corrected chi connectivity index (χ4v) is 2.65. The van der Waals surface area contributed by atoms with Crippen molar-refractivity contribution in [2.45, 2.75) is 33.7 Å². The second-order valence-electron chi connectivity index (χ2n) is 6.31. The van der Waals surface area contributed by atoms with Crippen LogP contribution in [0.3, 0.4) is 0 Å². The number of guanidine groups is 1. The fraction of sp³-hybridized carbons (Fsp3) is 0.364. The van der Waals surface area contributed by atoms with Gasteiger partial charge >= 0.3 is 0 Å². The summed E-state index contributed by atoms with van der Waals surface area (Å²) in [5.41, 5.74) is 8.26. The Bertz CT molecular complexity index is 843. The summed E-state index contributed by atoms with van der Waals surface area (Å²) in [5, 5.41) is 5.94. The number of aliphatic imine (C=N–C) groups is 1. The molecule has 0 aliphatic heterocycles. The predicted octanol–water partition coefficient (Wildman–Crippen LogP) is 4.17. The number of ether oxygens (including phenoxy) is 2. The lowest BCUT2D eigenvalue weighted by Crippen LogP contribution is -2.24. The van der Waals surface area contributed by atoms with Crippen LogP contribution < -0.4 is 25.8 Å². The van der Waals surface area contributed by atoms with Crippen molar-refractivity contribution in [3.8, 4) is 11.5 Å². The molecule has 0 saturated heterocycles. The molecule has 0 fully saturated rings. The summed E-state index contributed by atoms with van der Waals surface area (Å²) in [6.07, 6.45) is 0.895. The van der Waals surface area contributed by atoms with Gasteiger partial charge in [0, 0.05) is 18.2 Å². The number of nitrogens with zero attached hydrogens (tertiary/aromatic N) is 1. The van der Waals surface area contributed by atoms with E-state index in [4.69, 9.17) is 15.2 Å². The molecule has 0 radical (unpaired) electrons. The highest BCUT2D eigenvalue weighted by atomic mass is 127. The first kappa shape index (κ1) is 25.5. The molecule has 164 valence electrons. The molecule has 0 heterocycles. The second-order valence-corrected chi connectivity index (χ2v) is 6.31. The number of hydrogen-bond donors (Lipinski definition) is 3. The summed E-state index contributed by atoms with van der Waals surface area (Å²) in [5.74, 6) is 1.55. The smallest absolute Gasteiger partial charge is 0.251 e. The number of hydrogen-bond acceptors (Lipinski definition) is 4. The average molecular weight is 526 g/mol. The molecule has 0 aliphatic carbocycles. The summed E-state index contributed by atoms with van der Waals surface area (Å²) >= 11 is 0. The van der Waals surface area contributed by atoms with Crippen LogP contribution in [0.15, 0.2) is 47.5 Å². The Hall–Kier alpha value is -2.49. The minimum Gasteiger partial charge on any atom is -0.494 e. The van der Waals surface area contributed by atoms with Crippen molar-refractivity contribution in [3.05, 3.63) is 53.6 Å². The van der Waals surface area contributed by atoms with E-state index in [1.807, 2.05) is 57.2 Å². The zero-order valence-electron chi connectivity index (χ0n) is 17.7. The Morgan fingerprint density at radius 3 is 2.53 bits per heavy atom. The van der Waals surface area contributed by atoms with Crippen LogP contribution in [-0.4, -0.2) is 31.6 Å². The van der Waals surface area contributed by atoms with Gasteiger partial charge in [0.05, 0.1) is 25.4 Å². The molecule has 30 heavy (non-hydrogen) atoms. The molecule has 0 aromatic heterocycles. The quantitative estimate of drug-likeness (QED) is 0.245. The molecule has 0 bridgehead atoms. The highest BCUT2D eigenvalue weighted by Gasteiger charge is 2.08. The van der Waals surface area contributed by atoms with Crippen molar-refractivity contribution in [2.75, 3.05) is 25.1 Å². The molecular formula is C22H31IN4O3. The van der Waals surface area contributed by atoms with Crippen LogP contribution in [0, 0.1) is 0 Å². The van der Waals surface area contributed by atoms with Crippen molar-refractivity contribution in [3.63, 3.8) is 0 Å². The first-order chi connectivity index (χ1) is 14.1. The van der Waals surface area contributed by atoms with Gasteiger partial charge in [-0.05, 0) is 50.1 Å². The van der Waals surface area contributed by atoms with Gasteiger partial charge in [-0.2, -0.15) is 0 Å². The molecule has 8 heteroatoms. The minimum atomic E-state index is -0.0853. The van der Waals surface area contributed by atoms with Gasteiger partial charge in [-0.1, -0.05) is 19.1 Å². The number of anilines is 1. The topological polar surface area (TPSA) is 98.0 Å². The molecular weight excluding hydrogens is 495 g/mol. The van der Waals surface area contributed by atoms with Crippen LogP contribution in [0.25, 0.3) is 0 Å². The molecule has 0 saturated carbocycles. The largest absolute Gasteiger partial charge is 0.494 e. The number of rotatable bonds is 10. The number of nitrogens with one attached hydrogen (secondary N) is 2. The number of nitrogens with two attached hydrogens (primary N) is 1.